The lowest BCUT2D eigenvalue weighted by Gasteiger charge is -2.19. The molecule has 1 aromatic rings. The van der Waals surface area contributed by atoms with Gasteiger partial charge in [-0.15, -0.1) is 0 Å². The molecule has 1 aliphatic rings. The van der Waals surface area contributed by atoms with Gasteiger partial charge in [-0.1, -0.05) is 43.2 Å². The Bertz CT molecular complexity index is 480. The Morgan fingerprint density at radius 1 is 1.45 bits per heavy atom. The Morgan fingerprint density at radius 2 is 2.15 bits per heavy atom. The molecule has 1 fully saturated rings. The van der Waals surface area contributed by atoms with Crippen molar-refractivity contribution >= 4 is 6.09 Å². The largest absolute Gasteiger partial charge is 0.445 e. The summed E-state index contributed by atoms with van der Waals surface area (Å²) < 4.78 is 5.08. The zero-order valence-corrected chi connectivity index (χ0v) is 11.2. The maximum absolute atomic E-state index is 11.7. The van der Waals surface area contributed by atoms with Crippen molar-refractivity contribution in [3.63, 3.8) is 0 Å². The van der Waals surface area contributed by atoms with Gasteiger partial charge in [-0.3, -0.25) is 0 Å². The molecule has 5 nitrogen and oxygen atoms in total. The first-order valence-corrected chi connectivity index (χ1v) is 6.74. The first kappa shape index (κ1) is 14.4. The third-order valence-corrected chi connectivity index (χ3v) is 3.31. The number of ether oxygens (including phenoxy) is 1. The lowest BCUT2D eigenvalue weighted by Crippen LogP contribution is -2.43. The van der Waals surface area contributed by atoms with Gasteiger partial charge in [0.05, 0.1) is 12.1 Å². The van der Waals surface area contributed by atoms with Gasteiger partial charge in [0, 0.05) is 0 Å². The standard InChI is InChI=1S/C15H18N2O3/c16-9-14(18)13(8-11-6-7-11)17-15(19)20-10-12-4-2-1-3-5-12/h1-5,11,13-14,18H,6-8,10H2,(H,17,19)/t13-,14?/m0/s1. The second kappa shape index (κ2) is 6.92. The van der Waals surface area contributed by atoms with E-state index >= 15 is 0 Å². The van der Waals surface area contributed by atoms with E-state index in [1.807, 2.05) is 30.3 Å². The summed E-state index contributed by atoms with van der Waals surface area (Å²) in [6.45, 7) is 0.172. The molecule has 5 heteroatoms. The highest BCUT2D eigenvalue weighted by atomic mass is 16.5. The van der Waals surface area contributed by atoms with Crippen LogP contribution in [0.4, 0.5) is 4.79 Å². The number of nitrogens with zero attached hydrogens (tertiary/aromatic N) is 1. The number of aliphatic hydroxyl groups is 1. The van der Waals surface area contributed by atoms with Crippen molar-refractivity contribution in [2.75, 3.05) is 0 Å². The quantitative estimate of drug-likeness (QED) is 0.777. The zero-order valence-electron chi connectivity index (χ0n) is 11.2. The normalized spacial score (nSPS) is 16.8. The van der Waals surface area contributed by atoms with Crippen molar-refractivity contribution in [3.8, 4) is 6.07 Å². The number of nitrogens with one attached hydrogen (secondary N) is 1. The molecule has 0 heterocycles. The molecule has 1 saturated carbocycles. The summed E-state index contributed by atoms with van der Waals surface area (Å²) in [5, 5.41) is 20.9. The van der Waals surface area contributed by atoms with E-state index in [0.717, 1.165) is 18.4 Å². The molecule has 0 aliphatic heterocycles. The smallest absolute Gasteiger partial charge is 0.407 e. The molecule has 2 rings (SSSR count). The Morgan fingerprint density at radius 3 is 2.75 bits per heavy atom. The minimum Gasteiger partial charge on any atom is -0.445 e. The van der Waals surface area contributed by atoms with Crippen molar-refractivity contribution < 1.29 is 14.6 Å². The number of nitriles is 1. The molecule has 2 N–H and O–H groups in total. The third-order valence-electron chi connectivity index (χ3n) is 3.31. The van der Waals surface area contributed by atoms with Crippen LogP contribution in [0.2, 0.25) is 0 Å². The predicted octanol–water partition coefficient (Wildman–Crippen LogP) is 1.97. The highest BCUT2D eigenvalue weighted by Crippen LogP contribution is 2.34. The number of amides is 1. The van der Waals surface area contributed by atoms with E-state index in [4.69, 9.17) is 10.00 Å². The lowest BCUT2D eigenvalue weighted by atomic mass is 10.1. The van der Waals surface area contributed by atoms with Crippen molar-refractivity contribution in [2.24, 2.45) is 5.92 Å². The first-order chi connectivity index (χ1) is 9.69. The number of carbonyl (C=O) groups is 1. The van der Waals surface area contributed by atoms with Gasteiger partial charge in [0.25, 0.3) is 0 Å². The van der Waals surface area contributed by atoms with Gasteiger partial charge in [0.1, 0.15) is 6.61 Å². The van der Waals surface area contributed by atoms with E-state index in [0.29, 0.717) is 12.3 Å². The molecule has 1 unspecified atom stereocenters. The molecule has 20 heavy (non-hydrogen) atoms. The van der Waals surface area contributed by atoms with Crippen molar-refractivity contribution in [2.45, 2.75) is 38.0 Å². The summed E-state index contributed by atoms with van der Waals surface area (Å²) in [7, 11) is 0. The summed E-state index contributed by atoms with van der Waals surface area (Å²) in [5.74, 6) is 0.498. The van der Waals surface area contributed by atoms with Crippen LogP contribution in [-0.2, 0) is 11.3 Å². The van der Waals surface area contributed by atoms with Crippen molar-refractivity contribution in [3.05, 3.63) is 35.9 Å². The molecule has 0 saturated heterocycles. The summed E-state index contributed by atoms with van der Waals surface area (Å²) in [4.78, 5) is 11.7. The molecule has 0 aromatic heterocycles. The molecule has 1 aliphatic carbocycles. The van der Waals surface area contributed by atoms with Gasteiger partial charge in [-0.05, 0) is 17.9 Å². The molecular formula is C15H18N2O3. The summed E-state index contributed by atoms with van der Waals surface area (Å²) >= 11 is 0. The van der Waals surface area contributed by atoms with Gasteiger partial charge in [-0.25, -0.2) is 4.79 Å². The molecule has 0 spiro atoms. The first-order valence-electron chi connectivity index (χ1n) is 6.74. The number of benzene rings is 1. The maximum atomic E-state index is 11.7. The Kier molecular flexibility index (Phi) is 4.97. The predicted molar refractivity (Wildman–Crippen MR) is 72.5 cm³/mol. The highest BCUT2D eigenvalue weighted by molar-refractivity contribution is 5.67. The minimum atomic E-state index is -1.19. The monoisotopic (exact) mass is 274 g/mol. The van der Waals surface area contributed by atoms with E-state index < -0.39 is 18.2 Å². The fraction of sp³-hybridized carbons (Fsp3) is 0.467. The maximum Gasteiger partial charge on any atom is 0.407 e. The number of alkyl carbamates (subject to hydrolysis) is 1. The third kappa shape index (κ3) is 4.56. The fourth-order valence-corrected chi connectivity index (χ4v) is 1.99. The highest BCUT2D eigenvalue weighted by Gasteiger charge is 2.30. The average molecular weight is 274 g/mol. The number of carbonyl (C=O) groups excluding carboxylic acids is 1. The van der Waals surface area contributed by atoms with E-state index in [9.17, 15) is 9.90 Å². The average Bonchev–Trinajstić information content (AvgIpc) is 3.28. The Balaban J connectivity index is 1.80. The number of rotatable bonds is 6. The van der Waals surface area contributed by atoms with E-state index in [1.54, 1.807) is 6.07 Å². The van der Waals surface area contributed by atoms with Crippen LogP contribution < -0.4 is 5.32 Å². The minimum absolute atomic E-state index is 0.172. The van der Waals surface area contributed by atoms with Crippen molar-refractivity contribution in [1.82, 2.24) is 5.32 Å². The molecule has 1 aromatic carbocycles. The molecule has 1 amide bonds. The number of hydrogen-bond donors (Lipinski definition) is 2. The molecule has 2 atom stereocenters. The molecular weight excluding hydrogens is 256 g/mol. The van der Waals surface area contributed by atoms with Crippen LogP contribution in [0, 0.1) is 17.2 Å². The van der Waals surface area contributed by atoms with E-state index in [1.165, 1.54) is 0 Å². The number of aliphatic hydroxyl groups excluding tert-OH is 1. The van der Waals surface area contributed by atoms with Gasteiger partial charge in [-0.2, -0.15) is 5.26 Å². The van der Waals surface area contributed by atoms with Crippen LogP contribution in [-0.4, -0.2) is 23.3 Å². The van der Waals surface area contributed by atoms with Gasteiger partial charge in [0.2, 0.25) is 0 Å². The van der Waals surface area contributed by atoms with Crippen LogP contribution >= 0.6 is 0 Å². The Hall–Kier alpha value is -2.06. The topological polar surface area (TPSA) is 82.4 Å². The summed E-state index contributed by atoms with van der Waals surface area (Å²) in [6.07, 6.45) is 1.01. The molecule has 0 bridgehead atoms. The van der Waals surface area contributed by atoms with Crippen LogP contribution in [0.5, 0.6) is 0 Å². The van der Waals surface area contributed by atoms with Gasteiger partial charge < -0.3 is 15.2 Å². The second-order valence-electron chi connectivity index (χ2n) is 5.07. The fourth-order valence-electron chi connectivity index (χ4n) is 1.99. The lowest BCUT2D eigenvalue weighted by molar-refractivity contribution is 0.116. The van der Waals surface area contributed by atoms with Crippen LogP contribution in [0.25, 0.3) is 0 Å². The van der Waals surface area contributed by atoms with Crippen LogP contribution in [0.1, 0.15) is 24.8 Å². The number of hydrogen-bond acceptors (Lipinski definition) is 4. The summed E-state index contributed by atoms with van der Waals surface area (Å²) in [6, 6.07) is 10.5. The van der Waals surface area contributed by atoms with E-state index in [2.05, 4.69) is 5.32 Å². The summed E-state index contributed by atoms with van der Waals surface area (Å²) in [5.41, 5.74) is 0.891. The zero-order chi connectivity index (χ0) is 14.4. The Labute approximate surface area is 118 Å². The van der Waals surface area contributed by atoms with E-state index in [-0.39, 0.29) is 6.61 Å². The van der Waals surface area contributed by atoms with Crippen LogP contribution in [0.15, 0.2) is 30.3 Å². The van der Waals surface area contributed by atoms with Crippen molar-refractivity contribution in [1.29, 1.82) is 5.26 Å². The van der Waals surface area contributed by atoms with Gasteiger partial charge in [0.15, 0.2) is 6.10 Å². The van der Waals surface area contributed by atoms with Crippen LogP contribution in [0.3, 0.4) is 0 Å². The van der Waals surface area contributed by atoms with Gasteiger partial charge >= 0.3 is 6.09 Å². The second-order valence-corrected chi connectivity index (χ2v) is 5.07. The molecule has 0 radical (unpaired) electrons. The molecule has 106 valence electrons. The SMILES string of the molecule is N#CC(O)[C@H](CC1CC1)NC(=O)OCc1ccccc1.